The minimum atomic E-state index is 0.230. The summed E-state index contributed by atoms with van der Waals surface area (Å²) in [7, 11) is 1.53. The zero-order valence-corrected chi connectivity index (χ0v) is 9.89. The highest BCUT2D eigenvalue weighted by atomic mass is 35.5. The van der Waals surface area contributed by atoms with Crippen LogP contribution in [-0.2, 0) is 11.3 Å². The molecule has 2 heterocycles. The number of nitrogens with zero attached hydrogens (tertiary/aromatic N) is 3. The summed E-state index contributed by atoms with van der Waals surface area (Å²) in [5.74, 6) is 0.558. The number of ether oxygens (including phenoxy) is 1. The molecule has 88 valence electrons. The van der Waals surface area contributed by atoms with E-state index in [0.717, 1.165) is 0 Å². The lowest BCUT2D eigenvalue weighted by Gasteiger charge is -2.00. The Labute approximate surface area is 103 Å². The first-order valence-corrected chi connectivity index (χ1v) is 5.28. The van der Waals surface area contributed by atoms with Gasteiger partial charge in [-0.05, 0) is 12.1 Å². The molecule has 5 nitrogen and oxygen atoms in total. The van der Waals surface area contributed by atoms with Crippen molar-refractivity contribution in [2.45, 2.75) is 6.61 Å². The predicted octanol–water partition coefficient (Wildman–Crippen LogP) is 1.88. The van der Waals surface area contributed by atoms with E-state index >= 15 is 0 Å². The number of rotatable bonds is 4. The average molecular weight is 252 g/mol. The van der Waals surface area contributed by atoms with Gasteiger partial charge in [-0.15, -0.1) is 0 Å². The van der Waals surface area contributed by atoms with E-state index in [4.69, 9.17) is 16.3 Å². The standard InChI is InChI=1S/C11H10ClN3O2/c1-17-7-9-8(6-16)11(12)15(14-9)10-4-2-3-5-13-10/h2-6H,7H2,1H3. The highest BCUT2D eigenvalue weighted by Gasteiger charge is 2.16. The molecule has 0 saturated carbocycles. The minimum absolute atomic E-state index is 0.230. The molecule has 0 spiro atoms. The van der Waals surface area contributed by atoms with Gasteiger partial charge >= 0.3 is 0 Å². The third-order valence-corrected chi connectivity index (χ3v) is 2.57. The van der Waals surface area contributed by atoms with Gasteiger partial charge in [0, 0.05) is 13.3 Å². The first kappa shape index (κ1) is 11.8. The van der Waals surface area contributed by atoms with Crippen LogP contribution in [0.15, 0.2) is 24.4 Å². The van der Waals surface area contributed by atoms with E-state index in [-0.39, 0.29) is 11.8 Å². The second kappa shape index (κ2) is 5.07. The maximum atomic E-state index is 11.0. The SMILES string of the molecule is COCc1nn(-c2ccccn2)c(Cl)c1C=O. The monoisotopic (exact) mass is 251 g/mol. The quantitative estimate of drug-likeness (QED) is 0.779. The van der Waals surface area contributed by atoms with Gasteiger partial charge in [-0.2, -0.15) is 5.10 Å². The maximum Gasteiger partial charge on any atom is 0.155 e. The summed E-state index contributed by atoms with van der Waals surface area (Å²) in [5, 5.41) is 4.45. The van der Waals surface area contributed by atoms with Crippen LogP contribution in [0.5, 0.6) is 0 Å². The highest BCUT2D eigenvalue weighted by molar-refractivity contribution is 6.32. The molecule has 6 heteroatoms. The third kappa shape index (κ3) is 2.20. The molecule has 0 atom stereocenters. The molecule has 0 N–H and O–H groups in total. The summed E-state index contributed by atoms with van der Waals surface area (Å²) in [4.78, 5) is 15.1. The van der Waals surface area contributed by atoms with E-state index in [9.17, 15) is 4.79 Å². The molecule has 0 radical (unpaired) electrons. The summed E-state index contributed by atoms with van der Waals surface area (Å²) in [6.45, 7) is 0.230. The Bertz CT molecular complexity index is 525. The van der Waals surface area contributed by atoms with Gasteiger partial charge in [-0.3, -0.25) is 4.79 Å². The van der Waals surface area contributed by atoms with E-state index in [2.05, 4.69) is 10.1 Å². The van der Waals surface area contributed by atoms with Crippen molar-refractivity contribution in [1.29, 1.82) is 0 Å². The van der Waals surface area contributed by atoms with Gasteiger partial charge in [0.25, 0.3) is 0 Å². The Morgan fingerprint density at radius 3 is 2.94 bits per heavy atom. The first-order valence-electron chi connectivity index (χ1n) is 4.91. The van der Waals surface area contributed by atoms with Gasteiger partial charge in [0.2, 0.25) is 0 Å². The fourth-order valence-electron chi connectivity index (χ4n) is 1.44. The van der Waals surface area contributed by atoms with Crippen LogP contribution in [0.2, 0.25) is 5.15 Å². The molecule has 0 aliphatic rings. The maximum absolute atomic E-state index is 11.0. The Hall–Kier alpha value is -1.72. The number of hydrogen-bond acceptors (Lipinski definition) is 4. The van der Waals surface area contributed by atoms with Crippen molar-refractivity contribution in [3.05, 3.63) is 40.8 Å². The van der Waals surface area contributed by atoms with Crippen LogP contribution >= 0.6 is 11.6 Å². The number of aromatic nitrogens is 3. The third-order valence-electron chi connectivity index (χ3n) is 2.21. The van der Waals surface area contributed by atoms with Gasteiger partial charge in [0.15, 0.2) is 12.1 Å². The lowest BCUT2D eigenvalue weighted by atomic mass is 10.3. The summed E-state index contributed by atoms with van der Waals surface area (Å²) >= 11 is 6.07. The van der Waals surface area contributed by atoms with Crippen molar-refractivity contribution in [2.75, 3.05) is 7.11 Å². The molecule has 2 aromatic heterocycles. The predicted molar refractivity (Wildman–Crippen MR) is 62.5 cm³/mol. The molecule has 0 bridgehead atoms. The molecule has 0 saturated heterocycles. The second-order valence-corrected chi connectivity index (χ2v) is 3.66. The fraction of sp³-hybridized carbons (Fsp3) is 0.182. The average Bonchev–Trinajstić information content (AvgIpc) is 2.67. The van der Waals surface area contributed by atoms with E-state index in [1.165, 1.54) is 11.8 Å². The molecule has 2 rings (SSSR count). The second-order valence-electron chi connectivity index (χ2n) is 3.30. The molecule has 0 unspecified atom stereocenters. The van der Waals surface area contributed by atoms with E-state index < -0.39 is 0 Å². The smallest absolute Gasteiger partial charge is 0.155 e. The fourth-order valence-corrected chi connectivity index (χ4v) is 1.72. The topological polar surface area (TPSA) is 57.0 Å². The largest absolute Gasteiger partial charge is 0.378 e. The number of methoxy groups -OCH3 is 1. The van der Waals surface area contributed by atoms with Crippen molar-refractivity contribution in [3.8, 4) is 5.82 Å². The Balaban J connectivity index is 2.52. The van der Waals surface area contributed by atoms with E-state index in [1.54, 1.807) is 18.3 Å². The van der Waals surface area contributed by atoms with Crippen molar-refractivity contribution < 1.29 is 9.53 Å². The first-order chi connectivity index (χ1) is 8.27. The van der Waals surface area contributed by atoms with Crippen LogP contribution in [0.3, 0.4) is 0 Å². The van der Waals surface area contributed by atoms with Gasteiger partial charge in [-0.1, -0.05) is 17.7 Å². The number of carbonyl (C=O) groups is 1. The summed E-state index contributed by atoms with van der Waals surface area (Å²) in [6, 6.07) is 5.36. The Morgan fingerprint density at radius 2 is 2.35 bits per heavy atom. The number of halogens is 1. The summed E-state index contributed by atoms with van der Waals surface area (Å²) in [6.07, 6.45) is 2.30. The molecular formula is C11H10ClN3O2. The van der Waals surface area contributed by atoms with Crippen LogP contribution < -0.4 is 0 Å². The number of aldehydes is 1. The highest BCUT2D eigenvalue weighted by Crippen LogP contribution is 2.21. The molecule has 0 aliphatic heterocycles. The zero-order chi connectivity index (χ0) is 12.3. The van der Waals surface area contributed by atoms with E-state index in [1.807, 2.05) is 6.07 Å². The molecule has 0 aliphatic carbocycles. The van der Waals surface area contributed by atoms with Crippen LogP contribution in [0.1, 0.15) is 16.1 Å². The Morgan fingerprint density at radius 1 is 1.53 bits per heavy atom. The molecule has 17 heavy (non-hydrogen) atoms. The molecular weight excluding hydrogens is 242 g/mol. The number of pyridine rings is 1. The number of hydrogen-bond donors (Lipinski definition) is 0. The number of carbonyl (C=O) groups excluding carboxylic acids is 1. The van der Waals surface area contributed by atoms with Gasteiger partial charge < -0.3 is 4.74 Å². The lowest BCUT2D eigenvalue weighted by Crippen LogP contribution is -2.00. The van der Waals surface area contributed by atoms with Crippen LogP contribution in [-0.4, -0.2) is 28.2 Å². The van der Waals surface area contributed by atoms with Gasteiger partial charge in [-0.25, -0.2) is 9.67 Å². The van der Waals surface area contributed by atoms with Crippen molar-refractivity contribution in [2.24, 2.45) is 0 Å². The minimum Gasteiger partial charge on any atom is -0.378 e. The van der Waals surface area contributed by atoms with Crippen LogP contribution in [0.25, 0.3) is 5.82 Å². The Kier molecular flexibility index (Phi) is 3.51. The van der Waals surface area contributed by atoms with Gasteiger partial charge in [0.1, 0.15) is 10.8 Å². The summed E-state index contributed by atoms with van der Waals surface area (Å²) in [5.41, 5.74) is 0.831. The van der Waals surface area contributed by atoms with Crippen molar-refractivity contribution in [3.63, 3.8) is 0 Å². The molecule has 2 aromatic rings. The normalized spacial score (nSPS) is 10.5. The van der Waals surface area contributed by atoms with Gasteiger partial charge in [0.05, 0.1) is 12.2 Å². The van der Waals surface area contributed by atoms with E-state index in [0.29, 0.717) is 23.4 Å². The summed E-state index contributed by atoms with van der Waals surface area (Å²) < 4.78 is 6.38. The molecule has 0 fully saturated rings. The lowest BCUT2D eigenvalue weighted by molar-refractivity contribution is 0.111. The van der Waals surface area contributed by atoms with Crippen molar-refractivity contribution >= 4 is 17.9 Å². The molecule has 0 amide bonds. The van der Waals surface area contributed by atoms with Crippen molar-refractivity contribution in [1.82, 2.24) is 14.8 Å². The molecule has 0 aromatic carbocycles. The zero-order valence-electron chi connectivity index (χ0n) is 9.13. The van der Waals surface area contributed by atoms with Crippen LogP contribution in [0.4, 0.5) is 0 Å². The van der Waals surface area contributed by atoms with Crippen LogP contribution in [0, 0.1) is 0 Å².